The summed E-state index contributed by atoms with van der Waals surface area (Å²) < 4.78 is 4.77. The molecule has 0 fully saturated rings. The van der Waals surface area contributed by atoms with Crippen LogP contribution in [0.1, 0.15) is 0 Å². The highest BCUT2D eigenvalue weighted by Gasteiger charge is 2.16. The number of thioether (sulfide) groups is 1. The maximum Gasteiger partial charge on any atom is 0.451 e. The lowest BCUT2D eigenvalue weighted by Gasteiger charge is -1.93. The minimum atomic E-state index is -0.625. The van der Waals surface area contributed by atoms with Gasteiger partial charge in [0, 0.05) is 0 Å². The molecule has 0 aliphatic rings. The fraction of sp³-hybridized carbons (Fsp3) is 0.400. The van der Waals surface area contributed by atoms with E-state index in [1.165, 1.54) is 7.11 Å². The van der Waals surface area contributed by atoms with Crippen LogP contribution in [0.5, 0.6) is 0 Å². The van der Waals surface area contributed by atoms with Crippen molar-refractivity contribution in [3.63, 3.8) is 0 Å². The quantitative estimate of drug-likeness (QED) is 0.328. The van der Waals surface area contributed by atoms with Crippen molar-refractivity contribution < 1.29 is 14.5 Å². The van der Waals surface area contributed by atoms with E-state index in [0.29, 0.717) is 4.34 Å². The second kappa shape index (κ2) is 4.86. The van der Waals surface area contributed by atoms with Crippen LogP contribution < -0.4 is 0 Å². The van der Waals surface area contributed by atoms with Crippen molar-refractivity contribution in [3.05, 3.63) is 10.1 Å². The number of esters is 1. The Morgan fingerprint density at radius 3 is 2.93 bits per heavy atom. The average Bonchev–Trinajstić information content (AvgIpc) is 2.62. The lowest BCUT2D eigenvalue weighted by molar-refractivity contribution is -0.385. The van der Waals surface area contributed by atoms with E-state index in [-0.39, 0.29) is 10.9 Å². The fourth-order valence-electron chi connectivity index (χ4n) is 0.514. The molecule has 0 amide bonds. The maximum absolute atomic E-state index is 10.7. The number of carbonyl (C=O) groups is 1. The van der Waals surface area contributed by atoms with E-state index in [4.69, 9.17) is 0 Å². The Morgan fingerprint density at radius 1 is 1.71 bits per heavy atom. The maximum atomic E-state index is 10.7. The van der Waals surface area contributed by atoms with Crippen LogP contribution in [-0.4, -0.2) is 34.0 Å². The number of ether oxygens (including phenoxy) is 1. The molecular formula is C5H5N3O4S2. The van der Waals surface area contributed by atoms with E-state index < -0.39 is 10.9 Å². The predicted molar refractivity (Wildman–Crippen MR) is 49.3 cm³/mol. The molecule has 0 bridgehead atoms. The lowest BCUT2D eigenvalue weighted by atomic mass is 10.8. The van der Waals surface area contributed by atoms with Crippen molar-refractivity contribution in [2.75, 3.05) is 12.9 Å². The van der Waals surface area contributed by atoms with Gasteiger partial charge in [0.25, 0.3) is 0 Å². The first-order valence-corrected chi connectivity index (χ1v) is 5.11. The molecule has 0 aliphatic heterocycles. The average molecular weight is 235 g/mol. The van der Waals surface area contributed by atoms with Gasteiger partial charge in [0.15, 0.2) is 0 Å². The molecule has 9 heteroatoms. The summed E-state index contributed by atoms with van der Waals surface area (Å²) in [7, 11) is 1.27. The van der Waals surface area contributed by atoms with Gasteiger partial charge in [-0.1, -0.05) is 11.8 Å². The van der Waals surface area contributed by atoms with E-state index in [0.717, 1.165) is 23.1 Å². The summed E-state index contributed by atoms with van der Waals surface area (Å²) in [5.41, 5.74) is 0. The summed E-state index contributed by atoms with van der Waals surface area (Å²) >= 11 is 1.88. The van der Waals surface area contributed by atoms with E-state index in [9.17, 15) is 14.9 Å². The van der Waals surface area contributed by atoms with E-state index in [1.54, 1.807) is 0 Å². The van der Waals surface area contributed by atoms with Gasteiger partial charge < -0.3 is 14.9 Å². The van der Waals surface area contributed by atoms with Crippen molar-refractivity contribution in [2.24, 2.45) is 0 Å². The Morgan fingerprint density at radius 2 is 2.43 bits per heavy atom. The third kappa shape index (κ3) is 2.92. The molecule has 1 heterocycles. The van der Waals surface area contributed by atoms with Gasteiger partial charge >= 0.3 is 11.1 Å². The second-order valence-corrected chi connectivity index (χ2v) is 4.15. The molecule has 0 unspecified atom stereocenters. The first kappa shape index (κ1) is 10.9. The molecule has 0 aromatic carbocycles. The van der Waals surface area contributed by atoms with Crippen molar-refractivity contribution in [1.82, 2.24) is 10.2 Å². The summed E-state index contributed by atoms with van der Waals surface area (Å²) in [6.45, 7) is 0. The third-order valence-electron chi connectivity index (χ3n) is 1.09. The largest absolute Gasteiger partial charge is 0.468 e. The smallest absolute Gasteiger partial charge is 0.451 e. The van der Waals surface area contributed by atoms with Gasteiger partial charge in [-0.2, -0.15) is 0 Å². The Bertz CT molecular complexity index is 353. The van der Waals surface area contributed by atoms with Crippen LogP contribution >= 0.6 is 23.1 Å². The summed E-state index contributed by atoms with van der Waals surface area (Å²) in [5, 5.41) is 16.8. The summed E-state index contributed by atoms with van der Waals surface area (Å²) in [5.74, 6) is -0.337. The SMILES string of the molecule is COC(=O)CSc1nnc([N+](=O)[O-])s1. The van der Waals surface area contributed by atoms with Crippen LogP contribution in [-0.2, 0) is 9.53 Å². The zero-order valence-electron chi connectivity index (χ0n) is 7.00. The fourth-order valence-corrected chi connectivity index (χ4v) is 2.00. The highest BCUT2D eigenvalue weighted by atomic mass is 32.2. The van der Waals surface area contributed by atoms with Crippen LogP contribution in [0.25, 0.3) is 0 Å². The Labute approximate surface area is 86.6 Å². The molecular weight excluding hydrogens is 230 g/mol. The van der Waals surface area contributed by atoms with Gasteiger partial charge in [0.05, 0.1) is 18.0 Å². The normalized spacial score (nSPS) is 9.79. The van der Waals surface area contributed by atoms with Gasteiger partial charge in [-0.3, -0.25) is 4.79 Å². The highest BCUT2D eigenvalue weighted by molar-refractivity contribution is 8.01. The number of hydrogen-bond donors (Lipinski definition) is 0. The molecule has 76 valence electrons. The van der Waals surface area contributed by atoms with Gasteiger partial charge in [-0.25, -0.2) is 0 Å². The van der Waals surface area contributed by atoms with Crippen LogP contribution in [0.15, 0.2) is 4.34 Å². The Balaban J connectivity index is 2.52. The first-order valence-electron chi connectivity index (χ1n) is 3.31. The first-order chi connectivity index (χ1) is 6.63. The molecule has 1 aromatic heterocycles. The minimum absolute atomic E-state index is 0.0723. The standard InChI is InChI=1S/C5H5N3O4S2/c1-12-3(9)2-13-5-7-6-4(14-5)8(10)11/h2H2,1H3. The summed E-state index contributed by atoms with van der Waals surface area (Å²) in [4.78, 5) is 20.3. The molecule has 1 aromatic rings. The third-order valence-corrected chi connectivity index (χ3v) is 3.07. The molecule has 7 nitrogen and oxygen atoms in total. The number of aromatic nitrogens is 2. The van der Waals surface area contributed by atoms with Crippen LogP contribution in [0.2, 0.25) is 0 Å². The lowest BCUT2D eigenvalue weighted by Crippen LogP contribution is -2.02. The number of methoxy groups -OCH3 is 1. The van der Waals surface area contributed by atoms with Crippen LogP contribution in [0.3, 0.4) is 0 Å². The zero-order valence-corrected chi connectivity index (χ0v) is 8.63. The van der Waals surface area contributed by atoms with Gasteiger partial charge in [-0.05, 0) is 21.4 Å². The molecule has 0 saturated heterocycles. The van der Waals surface area contributed by atoms with Crippen molar-refractivity contribution in [1.29, 1.82) is 0 Å². The molecule has 14 heavy (non-hydrogen) atoms. The number of carbonyl (C=O) groups excluding carboxylic acids is 1. The number of hydrogen-bond acceptors (Lipinski definition) is 8. The van der Waals surface area contributed by atoms with Gasteiger partial charge in [0.2, 0.25) is 4.34 Å². The van der Waals surface area contributed by atoms with Gasteiger partial charge in [0.1, 0.15) is 0 Å². The number of nitro groups is 1. The summed E-state index contributed by atoms with van der Waals surface area (Å²) in [6.07, 6.45) is 0. The van der Waals surface area contributed by atoms with E-state index in [1.807, 2.05) is 0 Å². The highest BCUT2D eigenvalue weighted by Crippen LogP contribution is 2.26. The zero-order chi connectivity index (χ0) is 10.6. The van der Waals surface area contributed by atoms with E-state index >= 15 is 0 Å². The molecule has 0 aliphatic carbocycles. The molecule has 0 N–H and O–H groups in total. The number of nitrogens with zero attached hydrogens (tertiary/aromatic N) is 3. The molecule has 0 saturated carbocycles. The second-order valence-electron chi connectivity index (χ2n) is 1.97. The van der Waals surface area contributed by atoms with Crippen molar-refractivity contribution in [2.45, 2.75) is 4.34 Å². The van der Waals surface area contributed by atoms with Crippen molar-refractivity contribution >= 4 is 34.2 Å². The topological polar surface area (TPSA) is 95.2 Å². The number of rotatable bonds is 4. The molecule has 0 spiro atoms. The molecule has 1 rings (SSSR count). The van der Waals surface area contributed by atoms with Crippen LogP contribution in [0, 0.1) is 10.1 Å². The summed E-state index contributed by atoms with van der Waals surface area (Å²) in [6, 6.07) is 0. The predicted octanol–water partition coefficient (Wildman–Crippen LogP) is 0.711. The van der Waals surface area contributed by atoms with Gasteiger partial charge in [-0.15, -0.1) is 0 Å². The van der Waals surface area contributed by atoms with E-state index in [2.05, 4.69) is 14.9 Å². The Kier molecular flexibility index (Phi) is 3.77. The monoisotopic (exact) mass is 235 g/mol. The Hall–Kier alpha value is -1.22. The van der Waals surface area contributed by atoms with Crippen LogP contribution in [0.4, 0.5) is 5.13 Å². The molecule has 0 radical (unpaired) electrons. The van der Waals surface area contributed by atoms with Crippen molar-refractivity contribution in [3.8, 4) is 0 Å². The molecule has 0 atom stereocenters. The minimum Gasteiger partial charge on any atom is -0.468 e.